The van der Waals surface area contributed by atoms with E-state index in [0.717, 1.165) is 30.4 Å². The molecule has 1 aromatic heterocycles. The number of hydrogen-bond acceptors (Lipinski definition) is 3. The minimum absolute atomic E-state index is 0.0974. The molecule has 0 spiro atoms. The Morgan fingerprint density at radius 2 is 2.35 bits per heavy atom. The maximum Gasteiger partial charge on any atom is 0.252 e. The van der Waals surface area contributed by atoms with Crippen LogP contribution >= 0.6 is 11.3 Å². The summed E-state index contributed by atoms with van der Waals surface area (Å²) in [6, 6.07) is 0. The first-order chi connectivity index (χ1) is 8.08. The summed E-state index contributed by atoms with van der Waals surface area (Å²) in [4.78, 5) is 23.8. The molecule has 1 heterocycles. The van der Waals surface area contributed by atoms with E-state index in [0.29, 0.717) is 5.92 Å². The van der Waals surface area contributed by atoms with Gasteiger partial charge in [-0.2, -0.15) is 0 Å². The van der Waals surface area contributed by atoms with Crippen molar-refractivity contribution in [2.45, 2.75) is 26.2 Å². The quantitative estimate of drug-likeness (QED) is 0.845. The average Bonchev–Trinajstić information content (AvgIpc) is 2.68. The van der Waals surface area contributed by atoms with Crippen molar-refractivity contribution in [3.8, 4) is 0 Å². The van der Waals surface area contributed by atoms with Crippen LogP contribution < -0.4 is 11.1 Å². The molecule has 17 heavy (non-hydrogen) atoms. The van der Waals surface area contributed by atoms with Crippen molar-refractivity contribution in [3.05, 3.63) is 21.4 Å². The predicted molar refractivity (Wildman–Crippen MR) is 67.0 cm³/mol. The Morgan fingerprint density at radius 3 is 3.06 bits per heavy atom. The lowest BCUT2D eigenvalue weighted by Crippen LogP contribution is -2.33. The lowest BCUT2D eigenvalue weighted by molar-refractivity contribution is -0.117. The standard InChI is InChI=1S/C12H16N2O2S/c1-7-2-3-8-9(6-17-10(8)4-7)12(16)14-5-11(13)15/h6-7H,2-5H2,1H3,(H2,13,15)(H,14,16). The topological polar surface area (TPSA) is 72.2 Å². The van der Waals surface area contributed by atoms with Gasteiger partial charge in [-0.25, -0.2) is 0 Å². The summed E-state index contributed by atoms with van der Waals surface area (Å²) in [5.41, 5.74) is 6.88. The number of hydrogen-bond donors (Lipinski definition) is 2. The van der Waals surface area contributed by atoms with Gasteiger partial charge in [0.15, 0.2) is 0 Å². The molecule has 5 heteroatoms. The van der Waals surface area contributed by atoms with Gasteiger partial charge in [0, 0.05) is 10.3 Å². The molecule has 4 nitrogen and oxygen atoms in total. The number of carbonyl (C=O) groups is 2. The second kappa shape index (κ2) is 4.87. The summed E-state index contributed by atoms with van der Waals surface area (Å²) in [6.45, 7) is 2.13. The van der Waals surface area contributed by atoms with Crippen molar-refractivity contribution in [3.63, 3.8) is 0 Å². The van der Waals surface area contributed by atoms with Crippen molar-refractivity contribution in [1.82, 2.24) is 5.32 Å². The predicted octanol–water partition coefficient (Wildman–Crippen LogP) is 1.09. The highest BCUT2D eigenvalue weighted by Gasteiger charge is 2.23. The Balaban J connectivity index is 2.12. The Bertz CT molecular complexity index is 453. The van der Waals surface area contributed by atoms with Crippen LogP contribution in [0.15, 0.2) is 5.38 Å². The lowest BCUT2D eigenvalue weighted by Gasteiger charge is -2.18. The van der Waals surface area contributed by atoms with Gasteiger partial charge in [-0.3, -0.25) is 9.59 Å². The van der Waals surface area contributed by atoms with Gasteiger partial charge >= 0.3 is 0 Å². The molecule has 2 amide bonds. The Morgan fingerprint density at radius 1 is 1.59 bits per heavy atom. The van der Waals surface area contributed by atoms with E-state index in [2.05, 4.69) is 12.2 Å². The van der Waals surface area contributed by atoms with Crippen LogP contribution in [0.2, 0.25) is 0 Å². The van der Waals surface area contributed by atoms with Crippen LogP contribution in [0.3, 0.4) is 0 Å². The molecule has 3 N–H and O–H groups in total. The first-order valence-electron chi connectivity index (χ1n) is 5.73. The van der Waals surface area contributed by atoms with Gasteiger partial charge in [0.25, 0.3) is 5.91 Å². The summed E-state index contributed by atoms with van der Waals surface area (Å²) < 4.78 is 0. The minimum atomic E-state index is -0.518. The molecule has 1 atom stereocenters. The molecule has 1 aromatic rings. The molecule has 2 rings (SSSR count). The summed E-state index contributed by atoms with van der Waals surface area (Å²) in [5, 5.41) is 4.43. The molecule has 0 aliphatic heterocycles. The first kappa shape index (κ1) is 12.1. The number of primary amides is 1. The number of rotatable bonds is 3. The fourth-order valence-electron chi connectivity index (χ4n) is 2.13. The van der Waals surface area contributed by atoms with E-state index in [9.17, 15) is 9.59 Å². The third-order valence-corrected chi connectivity index (χ3v) is 4.12. The van der Waals surface area contributed by atoms with Crippen LogP contribution in [0.4, 0.5) is 0 Å². The number of fused-ring (bicyclic) bond motifs is 1. The fraction of sp³-hybridized carbons (Fsp3) is 0.500. The van der Waals surface area contributed by atoms with E-state index in [1.165, 1.54) is 4.88 Å². The molecule has 0 saturated heterocycles. The zero-order chi connectivity index (χ0) is 12.4. The monoisotopic (exact) mass is 252 g/mol. The molecule has 0 bridgehead atoms. The number of amides is 2. The van der Waals surface area contributed by atoms with Gasteiger partial charge in [-0.05, 0) is 30.7 Å². The minimum Gasteiger partial charge on any atom is -0.368 e. The highest BCUT2D eigenvalue weighted by atomic mass is 32.1. The average molecular weight is 252 g/mol. The smallest absolute Gasteiger partial charge is 0.252 e. The van der Waals surface area contributed by atoms with Crippen molar-refractivity contribution >= 4 is 23.2 Å². The van der Waals surface area contributed by atoms with Crippen molar-refractivity contribution in [2.24, 2.45) is 11.7 Å². The molecule has 1 unspecified atom stereocenters. The van der Waals surface area contributed by atoms with Crippen LogP contribution in [0.5, 0.6) is 0 Å². The second-order valence-electron chi connectivity index (χ2n) is 4.55. The van der Waals surface area contributed by atoms with E-state index in [4.69, 9.17) is 5.73 Å². The first-order valence-corrected chi connectivity index (χ1v) is 6.61. The number of nitrogens with one attached hydrogen (secondary N) is 1. The van der Waals surface area contributed by atoms with E-state index in [-0.39, 0.29) is 12.5 Å². The van der Waals surface area contributed by atoms with Crippen LogP contribution in [0.1, 0.15) is 34.1 Å². The number of nitrogens with two attached hydrogens (primary N) is 1. The normalized spacial score (nSPS) is 18.5. The van der Waals surface area contributed by atoms with Crippen LogP contribution in [0, 0.1) is 5.92 Å². The SMILES string of the molecule is CC1CCc2c(C(=O)NCC(N)=O)csc2C1. The summed E-state index contributed by atoms with van der Waals surface area (Å²) in [6.07, 6.45) is 3.14. The number of thiophene rings is 1. The largest absolute Gasteiger partial charge is 0.368 e. The molecule has 1 aliphatic carbocycles. The van der Waals surface area contributed by atoms with Gasteiger partial charge in [0.1, 0.15) is 0 Å². The molecule has 0 fully saturated rings. The van der Waals surface area contributed by atoms with E-state index in [1.807, 2.05) is 5.38 Å². The Labute approximate surface area is 104 Å². The summed E-state index contributed by atoms with van der Waals surface area (Å²) in [5.74, 6) is -0.00500. The van der Waals surface area contributed by atoms with Crippen molar-refractivity contribution in [2.75, 3.05) is 6.54 Å². The van der Waals surface area contributed by atoms with Crippen molar-refractivity contribution < 1.29 is 9.59 Å². The molecular weight excluding hydrogens is 236 g/mol. The van der Waals surface area contributed by atoms with E-state index < -0.39 is 5.91 Å². The van der Waals surface area contributed by atoms with Gasteiger partial charge in [-0.15, -0.1) is 11.3 Å². The maximum atomic E-state index is 11.9. The highest BCUT2D eigenvalue weighted by Crippen LogP contribution is 2.32. The fourth-order valence-corrected chi connectivity index (χ4v) is 3.37. The molecule has 0 saturated carbocycles. The zero-order valence-electron chi connectivity index (χ0n) is 9.79. The molecule has 0 radical (unpaired) electrons. The zero-order valence-corrected chi connectivity index (χ0v) is 10.6. The molecule has 0 aromatic carbocycles. The Kier molecular flexibility index (Phi) is 3.47. The van der Waals surface area contributed by atoms with Gasteiger partial charge in [0.05, 0.1) is 12.1 Å². The summed E-state index contributed by atoms with van der Waals surface area (Å²) >= 11 is 1.64. The number of carbonyl (C=O) groups excluding carboxylic acids is 2. The maximum absolute atomic E-state index is 11.9. The molecule has 1 aliphatic rings. The van der Waals surface area contributed by atoms with Crippen LogP contribution in [-0.4, -0.2) is 18.4 Å². The van der Waals surface area contributed by atoms with E-state index in [1.54, 1.807) is 11.3 Å². The van der Waals surface area contributed by atoms with Gasteiger partial charge in [0.2, 0.25) is 5.91 Å². The van der Waals surface area contributed by atoms with Crippen LogP contribution in [0.25, 0.3) is 0 Å². The van der Waals surface area contributed by atoms with Crippen molar-refractivity contribution in [1.29, 1.82) is 0 Å². The van der Waals surface area contributed by atoms with Gasteiger partial charge in [-0.1, -0.05) is 6.92 Å². The second-order valence-corrected chi connectivity index (χ2v) is 5.51. The Hall–Kier alpha value is -1.36. The highest BCUT2D eigenvalue weighted by molar-refractivity contribution is 7.10. The molecular formula is C12H16N2O2S. The molecule has 92 valence electrons. The van der Waals surface area contributed by atoms with Crippen LogP contribution in [-0.2, 0) is 17.6 Å². The van der Waals surface area contributed by atoms with E-state index >= 15 is 0 Å². The summed E-state index contributed by atoms with van der Waals surface area (Å²) in [7, 11) is 0. The third kappa shape index (κ3) is 2.66. The lowest BCUT2D eigenvalue weighted by atomic mass is 9.88. The third-order valence-electron chi connectivity index (χ3n) is 3.07. The van der Waals surface area contributed by atoms with Gasteiger partial charge < -0.3 is 11.1 Å².